The van der Waals surface area contributed by atoms with Gasteiger partial charge in [0.25, 0.3) is 0 Å². The molecule has 0 radical (unpaired) electrons. The number of anilines is 3. The summed E-state index contributed by atoms with van der Waals surface area (Å²) in [5, 5.41) is 9.81. The van der Waals surface area contributed by atoms with E-state index in [1.165, 1.54) is 76.8 Å². The number of fused-ring (bicyclic) bond motifs is 19. The normalized spacial score (nSPS) is 13.2. The van der Waals surface area contributed by atoms with Crippen LogP contribution in [0, 0.1) is 0 Å². The number of nitrogens with zero attached hydrogens (tertiary/aromatic N) is 1. The molecule has 12 aromatic rings. The Balaban J connectivity index is 1.06. The van der Waals surface area contributed by atoms with Crippen molar-refractivity contribution in [2.45, 2.75) is 5.41 Å². The van der Waals surface area contributed by atoms with E-state index < -0.39 is 5.41 Å². The Morgan fingerprint density at radius 1 is 0.302 bits per heavy atom. The van der Waals surface area contributed by atoms with Gasteiger partial charge in [-0.05, 0) is 131 Å². The number of benzene rings is 11. The quantitative estimate of drug-likeness (QED) is 0.165. The Kier molecular flexibility index (Phi) is 7.07. The molecule has 0 unspecified atom stereocenters. The second-order valence-corrected chi connectivity index (χ2v) is 17.1. The Morgan fingerprint density at radius 2 is 0.810 bits per heavy atom. The third kappa shape index (κ3) is 4.67. The van der Waals surface area contributed by atoms with E-state index in [4.69, 9.17) is 4.42 Å². The largest absolute Gasteiger partial charge is 0.456 e. The summed E-state index contributed by atoms with van der Waals surface area (Å²) < 4.78 is 6.26. The predicted molar refractivity (Wildman–Crippen MR) is 263 cm³/mol. The summed E-state index contributed by atoms with van der Waals surface area (Å²) in [4.78, 5) is 2.51. The van der Waals surface area contributed by atoms with Gasteiger partial charge in [-0.2, -0.15) is 0 Å². The van der Waals surface area contributed by atoms with Gasteiger partial charge in [-0.3, -0.25) is 0 Å². The van der Waals surface area contributed by atoms with Gasteiger partial charge in [-0.1, -0.05) is 176 Å². The molecule has 2 aliphatic rings. The lowest BCUT2D eigenvalue weighted by molar-refractivity contribution is 0.669. The van der Waals surface area contributed by atoms with Crippen LogP contribution in [0.3, 0.4) is 0 Å². The summed E-state index contributed by atoms with van der Waals surface area (Å²) in [5.74, 6) is 0. The van der Waals surface area contributed by atoms with E-state index in [2.05, 4.69) is 217 Å². The minimum absolute atomic E-state index is 0.454. The van der Waals surface area contributed by atoms with E-state index in [0.29, 0.717) is 0 Å². The molecule has 63 heavy (non-hydrogen) atoms. The number of hydrogen-bond donors (Lipinski definition) is 0. The highest BCUT2D eigenvalue weighted by Crippen LogP contribution is 2.64. The summed E-state index contributed by atoms with van der Waals surface area (Å²) in [5.41, 5.74) is 17.5. The van der Waals surface area contributed by atoms with Crippen LogP contribution >= 0.6 is 0 Å². The van der Waals surface area contributed by atoms with Crippen LogP contribution in [0.2, 0.25) is 0 Å². The topological polar surface area (TPSA) is 16.4 Å². The predicted octanol–water partition coefficient (Wildman–Crippen LogP) is 16.5. The van der Waals surface area contributed by atoms with Gasteiger partial charge in [0.15, 0.2) is 0 Å². The fourth-order valence-electron chi connectivity index (χ4n) is 11.5. The van der Waals surface area contributed by atoms with Gasteiger partial charge in [0.1, 0.15) is 11.2 Å². The Labute approximate surface area is 364 Å². The SMILES string of the molecule is c1cc(-c2ccc3oc4ccccc4c3c2)cc(N(c2ccc3c4ccccc4c4ccccc4c3c2)c2cccc3c2-c2ccccc2C32c3ccccc3-c3ccccc32)c1. The molecule has 2 heteroatoms. The smallest absolute Gasteiger partial charge is 0.135 e. The number of furan rings is 1. The molecule has 0 amide bonds. The van der Waals surface area contributed by atoms with Crippen LogP contribution in [0.1, 0.15) is 22.3 Å². The molecular weight excluding hydrogens is 763 g/mol. The fraction of sp³-hybridized carbons (Fsp3) is 0.0164. The van der Waals surface area contributed by atoms with Gasteiger partial charge in [-0.25, -0.2) is 0 Å². The zero-order valence-electron chi connectivity index (χ0n) is 34.2. The van der Waals surface area contributed by atoms with Crippen molar-refractivity contribution in [3.05, 3.63) is 247 Å². The van der Waals surface area contributed by atoms with Crippen LogP contribution in [0.15, 0.2) is 229 Å². The van der Waals surface area contributed by atoms with Gasteiger partial charge in [-0.15, -0.1) is 0 Å². The standard InChI is InChI=1S/C61H37NO/c1-2-19-44-42(17-1)43-18-3-4-20-45(43)51-37-41(32-33-46(44)51)62(40-16-13-15-38(35-40)39-31-34-59-52(36-39)49-23-8-12-30-58(49)63-59)57-29-14-28-56-60(57)50-24-7-11-27-55(50)61(56)53-25-9-5-21-47(53)48-22-6-10-26-54(48)61/h1-37H. The fourth-order valence-corrected chi connectivity index (χ4v) is 11.5. The second-order valence-electron chi connectivity index (χ2n) is 17.1. The molecule has 1 spiro atoms. The first kappa shape index (κ1) is 34.5. The number of rotatable bonds is 4. The van der Waals surface area contributed by atoms with Crippen molar-refractivity contribution in [1.29, 1.82) is 0 Å². The minimum atomic E-state index is -0.454. The van der Waals surface area contributed by atoms with E-state index in [-0.39, 0.29) is 0 Å². The van der Waals surface area contributed by atoms with E-state index in [1.807, 2.05) is 12.1 Å². The Bertz CT molecular complexity index is 3810. The average Bonchev–Trinajstić information content (AvgIpc) is 3.98. The van der Waals surface area contributed by atoms with Crippen molar-refractivity contribution < 1.29 is 4.42 Å². The molecule has 0 atom stereocenters. The first-order valence-corrected chi connectivity index (χ1v) is 21.8. The van der Waals surface area contributed by atoms with Crippen molar-refractivity contribution in [1.82, 2.24) is 0 Å². The second kappa shape index (κ2) is 12.9. The third-order valence-electron chi connectivity index (χ3n) is 14.0. The lowest BCUT2D eigenvalue weighted by Crippen LogP contribution is -2.26. The maximum atomic E-state index is 6.26. The Hall–Kier alpha value is -8.20. The molecule has 0 N–H and O–H groups in total. The maximum Gasteiger partial charge on any atom is 0.135 e. The maximum absolute atomic E-state index is 6.26. The molecule has 292 valence electrons. The summed E-state index contributed by atoms with van der Waals surface area (Å²) >= 11 is 0. The molecular formula is C61H37NO. The van der Waals surface area contributed by atoms with Crippen LogP contribution in [0.25, 0.3) is 87.6 Å². The first-order chi connectivity index (χ1) is 31.3. The molecule has 0 aliphatic heterocycles. The van der Waals surface area contributed by atoms with Gasteiger partial charge in [0.05, 0.1) is 11.1 Å². The molecule has 1 aromatic heterocycles. The molecule has 0 saturated carbocycles. The van der Waals surface area contributed by atoms with Gasteiger partial charge >= 0.3 is 0 Å². The van der Waals surface area contributed by atoms with E-state index in [9.17, 15) is 0 Å². The van der Waals surface area contributed by atoms with Crippen LogP contribution in [0.5, 0.6) is 0 Å². The van der Waals surface area contributed by atoms with Crippen molar-refractivity contribution in [2.75, 3.05) is 4.90 Å². The van der Waals surface area contributed by atoms with Gasteiger partial charge < -0.3 is 9.32 Å². The first-order valence-electron chi connectivity index (χ1n) is 21.8. The van der Waals surface area contributed by atoms with Gasteiger partial charge in [0, 0.05) is 27.7 Å². The monoisotopic (exact) mass is 799 g/mol. The summed E-state index contributed by atoms with van der Waals surface area (Å²) in [6.07, 6.45) is 0. The van der Waals surface area contributed by atoms with Crippen LogP contribution < -0.4 is 4.90 Å². The Morgan fingerprint density at radius 3 is 1.52 bits per heavy atom. The minimum Gasteiger partial charge on any atom is -0.456 e. The van der Waals surface area contributed by atoms with Crippen molar-refractivity contribution in [2.24, 2.45) is 0 Å². The lowest BCUT2D eigenvalue weighted by atomic mass is 9.70. The highest BCUT2D eigenvalue weighted by atomic mass is 16.3. The number of para-hydroxylation sites is 1. The molecule has 0 bridgehead atoms. The summed E-state index contributed by atoms with van der Waals surface area (Å²) in [7, 11) is 0. The van der Waals surface area contributed by atoms with Crippen LogP contribution in [0.4, 0.5) is 17.1 Å². The molecule has 2 nitrogen and oxygen atoms in total. The number of hydrogen-bond acceptors (Lipinski definition) is 2. The average molecular weight is 800 g/mol. The van der Waals surface area contributed by atoms with Crippen molar-refractivity contribution in [3.63, 3.8) is 0 Å². The van der Waals surface area contributed by atoms with Crippen LogP contribution in [-0.4, -0.2) is 0 Å². The lowest BCUT2D eigenvalue weighted by Gasteiger charge is -2.32. The van der Waals surface area contributed by atoms with Crippen LogP contribution in [-0.2, 0) is 5.41 Å². The molecule has 0 saturated heterocycles. The highest BCUT2D eigenvalue weighted by Gasteiger charge is 2.52. The van der Waals surface area contributed by atoms with Crippen molar-refractivity contribution in [3.8, 4) is 33.4 Å². The molecule has 0 fully saturated rings. The molecule has 2 aliphatic carbocycles. The summed E-state index contributed by atoms with van der Waals surface area (Å²) in [6.45, 7) is 0. The van der Waals surface area contributed by atoms with E-state index >= 15 is 0 Å². The molecule has 1 heterocycles. The third-order valence-corrected chi connectivity index (χ3v) is 14.0. The zero-order valence-corrected chi connectivity index (χ0v) is 34.2. The molecule has 11 aromatic carbocycles. The van der Waals surface area contributed by atoms with E-state index in [1.54, 1.807) is 0 Å². The summed E-state index contributed by atoms with van der Waals surface area (Å²) in [6, 6.07) is 83.0. The van der Waals surface area contributed by atoms with Gasteiger partial charge in [0.2, 0.25) is 0 Å². The van der Waals surface area contributed by atoms with Crippen molar-refractivity contribution >= 4 is 71.3 Å². The molecule has 14 rings (SSSR count). The zero-order chi connectivity index (χ0) is 41.2. The highest BCUT2D eigenvalue weighted by molar-refractivity contribution is 6.26. The van der Waals surface area contributed by atoms with E-state index in [0.717, 1.165) is 50.1 Å².